The van der Waals surface area contributed by atoms with Crippen LogP contribution in [0.2, 0.25) is 0 Å². The molecule has 72 valence electrons. The van der Waals surface area contributed by atoms with E-state index >= 15 is 0 Å². The minimum absolute atomic E-state index is 0.121. The average Bonchev–Trinajstić information content (AvgIpc) is 2.05. The summed E-state index contributed by atoms with van der Waals surface area (Å²) >= 11 is 0. The van der Waals surface area contributed by atoms with Crippen molar-refractivity contribution in [1.29, 1.82) is 0 Å². The van der Waals surface area contributed by atoms with Crippen LogP contribution >= 0.6 is 0 Å². The van der Waals surface area contributed by atoms with Crippen molar-refractivity contribution in [3.8, 4) is 0 Å². The van der Waals surface area contributed by atoms with Crippen LogP contribution in [0.4, 0.5) is 0 Å². The molecule has 1 rings (SSSR count). The Morgan fingerprint density at radius 2 is 2.33 bits per heavy atom. The maximum atomic E-state index is 9.44. The largest absolute Gasteiger partial charge is 0.393 e. The molecule has 1 N–H and O–H groups in total. The van der Waals surface area contributed by atoms with E-state index in [4.69, 9.17) is 0 Å². The van der Waals surface area contributed by atoms with Crippen molar-refractivity contribution in [2.75, 3.05) is 19.6 Å². The first-order valence-electron chi connectivity index (χ1n) is 5.14. The Hall–Kier alpha value is -0.0800. The summed E-state index contributed by atoms with van der Waals surface area (Å²) in [5.74, 6) is 0.519. The molecule has 12 heavy (non-hydrogen) atoms. The molecule has 0 aromatic heterocycles. The molecule has 1 heterocycles. The number of piperidine rings is 1. The van der Waals surface area contributed by atoms with E-state index in [1.165, 1.54) is 32.4 Å². The second-order valence-electron chi connectivity index (χ2n) is 3.94. The minimum Gasteiger partial charge on any atom is -0.393 e. The van der Waals surface area contributed by atoms with Crippen LogP contribution in [0.3, 0.4) is 0 Å². The molecule has 0 amide bonds. The Balaban J connectivity index is 2.30. The van der Waals surface area contributed by atoms with Gasteiger partial charge in [0.05, 0.1) is 6.10 Å². The Kier molecular flexibility index (Phi) is 4.02. The summed E-state index contributed by atoms with van der Waals surface area (Å²) in [6.45, 7) is 7.66. The first-order chi connectivity index (χ1) is 5.74. The zero-order valence-corrected chi connectivity index (χ0v) is 8.29. The van der Waals surface area contributed by atoms with E-state index in [-0.39, 0.29) is 6.10 Å². The Labute approximate surface area is 75.6 Å². The summed E-state index contributed by atoms with van der Waals surface area (Å²) in [6, 6.07) is 0. The second-order valence-corrected chi connectivity index (χ2v) is 3.94. The van der Waals surface area contributed by atoms with Crippen LogP contribution < -0.4 is 0 Å². The average molecular weight is 171 g/mol. The number of aliphatic hydroxyl groups is 1. The van der Waals surface area contributed by atoms with Gasteiger partial charge in [-0.15, -0.1) is 0 Å². The highest BCUT2D eigenvalue weighted by atomic mass is 16.3. The molecule has 2 heteroatoms. The van der Waals surface area contributed by atoms with Gasteiger partial charge in [0.15, 0.2) is 0 Å². The van der Waals surface area contributed by atoms with Gasteiger partial charge in [-0.2, -0.15) is 0 Å². The summed E-state index contributed by atoms with van der Waals surface area (Å²) in [5, 5.41) is 9.44. The molecule has 0 radical (unpaired) electrons. The van der Waals surface area contributed by atoms with Gasteiger partial charge in [0, 0.05) is 6.54 Å². The molecule has 1 aliphatic heterocycles. The van der Waals surface area contributed by atoms with Crippen LogP contribution in [-0.4, -0.2) is 35.7 Å². The van der Waals surface area contributed by atoms with E-state index in [1.807, 2.05) is 6.92 Å². The summed E-state index contributed by atoms with van der Waals surface area (Å²) in [6.07, 6.45) is 3.57. The van der Waals surface area contributed by atoms with E-state index in [9.17, 15) is 5.11 Å². The molecule has 2 unspecified atom stereocenters. The number of hydrogen-bond acceptors (Lipinski definition) is 2. The van der Waals surface area contributed by atoms with Crippen molar-refractivity contribution in [3.05, 3.63) is 0 Å². The van der Waals surface area contributed by atoms with Gasteiger partial charge in [0.1, 0.15) is 0 Å². The smallest absolute Gasteiger partial charge is 0.0552 e. The van der Waals surface area contributed by atoms with Crippen LogP contribution in [0.5, 0.6) is 0 Å². The molecule has 1 saturated heterocycles. The zero-order valence-electron chi connectivity index (χ0n) is 8.29. The number of likely N-dealkylation sites (tertiary alicyclic amines) is 1. The van der Waals surface area contributed by atoms with Crippen molar-refractivity contribution >= 4 is 0 Å². The van der Waals surface area contributed by atoms with E-state index in [2.05, 4.69) is 11.8 Å². The lowest BCUT2D eigenvalue weighted by atomic mass is 9.93. The number of hydrogen-bond donors (Lipinski definition) is 1. The SMILES string of the molecule is CCCN1CCCC(C(C)O)C1. The van der Waals surface area contributed by atoms with Gasteiger partial charge < -0.3 is 10.0 Å². The molecule has 1 fully saturated rings. The van der Waals surface area contributed by atoms with Gasteiger partial charge in [-0.3, -0.25) is 0 Å². The standard InChI is InChI=1S/C10H21NO/c1-3-6-11-7-4-5-10(8-11)9(2)12/h9-10,12H,3-8H2,1-2H3. The third kappa shape index (κ3) is 2.76. The lowest BCUT2D eigenvalue weighted by Crippen LogP contribution is -2.39. The van der Waals surface area contributed by atoms with Crippen molar-refractivity contribution in [2.24, 2.45) is 5.92 Å². The fraction of sp³-hybridized carbons (Fsp3) is 1.00. The van der Waals surface area contributed by atoms with Gasteiger partial charge in [-0.25, -0.2) is 0 Å². The van der Waals surface area contributed by atoms with Gasteiger partial charge in [0.2, 0.25) is 0 Å². The van der Waals surface area contributed by atoms with Crippen molar-refractivity contribution in [2.45, 2.75) is 39.2 Å². The third-order valence-corrected chi connectivity index (χ3v) is 2.76. The normalized spacial score (nSPS) is 28.8. The van der Waals surface area contributed by atoms with Crippen LogP contribution in [0, 0.1) is 5.92 Å². The highest BCUT2D eigenvalue weighted by Crippen LogP contribution is 2.19. The summed E-state index contributed by atoms with van der Waals surface area (Å²) in [5.41, 5.74) is 0. The Morgan fingerprint density at radius 3 is 2.92 bits per heavy atom. The predicted octanol–water partition coefficient (Wildman–Crippen LogP) is 1.49. The van der Waals surface area contributed by atoms with Gasteiger partial charge in [0.25, 0.3) is 0 Å². The number of nitrogens with zero attached hydrogens (tertiary/aromatic N) is 1. The van der Waals surface area contributed by atoms with Crippen LogP contribution in [0.25, 0.3) is 0 Å². The predicted molar refractivity (Wildman–Crippen MR) is 51.1 cm³/mol. The molecule has 1 aliphatic rings. The molecular weight excluding hydrogens is 150 g/mol. The monoisotopic (exact) mass is 171 g/mol. The van der Waals surface area contributed by atoms with Gasteiger partial charge >= 0.3 is 0 Å². The van der Waals surface area contributed by atoms with Crippen LogP contribution in [0.15, 0.2) is 0 Å². The van der Waals surface area contributed by atoms with E-state index in [1.54, 1.807) is 0 Å². The van der Waals surface area contributed by atoms with Crippen LogP contribution in [-0.2, 0) is 0 Å². The van der Waals surface area contributed by atoms with Crippen molar-refractivity contribution in [1.82, 2.24) is 4.90 Å². The van der Waals surface area contributed by atoms with Crippen LogP contribution in [0.1, 0.15) is 33.1 Å². The van der Waals surface area contributed by atoms with E-state index < -0.39 is 0 Å². The molecular formula is C10H21NO. The fourth-order valence-corrected chi connectivity index (χ4v) is 2.00. The number of rotatable bonds is 3. The number of aliphatic hydroxyl groups excluding tert-OH is 1. The summed E-state index contributed by atoms with van der Waals surface area (Å²) < 4.78 is 0. The molecule has 0 aromatic rings. The molecule has 0 bridgehead atoms. The minimum atomic E-state index is -0.121. The highest BCUT2D eigenvalue weighted by molar-refractivity contribution is 4.75. The first kappa shape index (κ1) is 10.0. The lowest BCUT2D eigenvalue weighted by molar-refractivity contribution is 0.0630. The van der Waals surface area contributed by atoms with Crippen molar-refractivity contribution < 1.29 is 5.11 Å². The zero-order chi connectivity index (χ0) is 8.97. The molecule has 0 aromatic carbocycles. The first-order valence-corrected chi connectivity index (χ1v) is 5.14. The van der Waals surface area contributed by atoms with Crippen molar-refractivity contribution in [3.63, 3.8) is 0 Å². The third-order valence-electron chi connectivity index (χ3n) is 2.76. The van der Waals surface area contributed by atoms with E-state index in [0.29, 0.717) is 5.92 Å². The fourth-order valence-electron chi connectivity index (χ4n) is 2.00. The molecule has 2 atom stereocenters. The molecule has 0 spiro atoms. The lowest BCUT2D eigenvalue weighted by Gasteiger charge is -2.33. The molecule has 0 saturated carbocycles. The summed E-state index contributed by atoms with van der Waals surface area (Å²) in [4.78, 5) is 2.47. The molecule has 2 nitrogen and oxygen atoms in total. The Morgan fingerprint density at radius 1 is 1.58 bits per heavy atom. The highest BCUT2D eigenvalue weighted by Gasteiger charge is 2.22. The topological polar surface area (TPSA) is 23.5 Å². The maximum Gasteiger partial charge on any atom is 0.0552 e. The van der Waals surface area contributed by atoms with Gasteiger partial charge in [-0.05, 0) is 45.2 Å². The molecule has 0 aliphatic carbocycles. The second kappa shape index (κ2) is 4.83. The maximum absolute atomic E-state index is 9.44. The van der Waals surface area contributed by atoms with Gasteiger partial charge in [-0.1, -0.05) is 6.92 Å². The van der Waals surface area contributed by atoms with E-state index in [0.717, 1.165) is 6.54 Å². The Bertz CT molecular complexity index is 123. The summed E-state index contributed by atoms with van der Waals surface area (Å²) in [7, 11) is 0. The quantitative estimate of drug-likeness (QED) is 0.695.